The number of aromatic nitrogens is 6. The Hall–Kier alpha value is -4.49. The molecule has 2 N–H and O–H groups in total. The number of benzene rings is 2. The van der Waals surface area contributed by atoms with Crippen LogP contribution >= 0.6 is 11.8 Å². The highest BCUT2D eigenvalue weighted by Crippen LogP contribution is 2.33. The molecule has 41 heavy (non-hydrogen) atoms. The number of esters is 1. The molecule has 3 aromatic heterocycles. The van der Waals surface area contributed by atoms with E-state index in [2.05, 4.69) is 25.6 Å². The van der Waals surface area contributed by atoms with Crippen molar-refractivity contribution >= 4 is 17.7 Å². The van der Waals surface area contributed by atoms with Crippen LogP contribution in [-0.4, -0.2) is 47.0 Å². The van der Waals surface area contributed by atoms with E-state index in [1.165, 1.54) is 18.7 Å². The second-order valence-electron chi connectivity index (χ2n) is 9.66. The van der Waals surface area contributed by atoms with E-state index in [9.17, 15) is 14.7 Å². The molecule has 0 saturated heterocycles. The molecular weight excluding hydrogens is 548 g/mol. The van der Waals surface area contributed by atoms with Crippen LogP contribution < -0.4 is 5.82 Å². The summed E-state index contributed by atoms with van der Waals surface area (Å²) in [5.41, 5.74) is 2.59. The first-order valence-corrected chi connectivity index (χ1v) is 13.8. The van der Waals surface area contributed by atoms with Crippen molar-refractivity contribution in [3.8, 4) is 22.5 Å². The van der Waals surface area contributed by atoms with E-state index in [1.807, 2.05) is 60.0 Å². The molecule has 0 aliphatic heterocycles. The summed E-state index contributed by atoms with van der Waals surface area (Å²) in [5, 5.41) is 26.1. The van der Waals surface area contributed by atoms with Gasteiger partial charge in [-0.2, -0.15) is 5.21 Å². The van der Waals surface area contributed by atoms with Gasteiger partial charge in [-0.15, -0.1) is 10.2 Å². The number of aromatic amines is 1. The number of ether oxygens (including phenoxy) is 1. The van der Waals surface area contributed by atoms with Crippen LogP contribution in [0.5, 0.6) is 0 Å². The van der Waals surface area contributed by atoms with Gasteiger partial charge in [0.15, 0.2) is 29.0 Å². The van der Waals surface area contributed by atoms with Gasteiger partial charge in [-0.25, -0.2) is 14.6 Å². The second-order valence-corrected chi connectivity index (χ2v) is 10.9. The number of rotatable bonds is 10. The van der Waals surface area contributed by atoms with Gasteiger partial charge in [-0.3, -0.25) is 0 Å². The lowest BCUT2D eigenvalue weighted by molar-refractivity contribution is 0.0396. The molecule has 0 fully saturated rings. The van der Waals surface area contributed by atoms with Gasteiger partial charge < -0.3 is 23.2 Å². The molecule has 0 atom stereocenters. The fraction of sp³-hybridized carbons (Fsp3) is 0.286. The van der Waals surface area contributed by atoms with Crippen molar-refractivity contribution in [2.24, 2.45) is 0 Å². The van der Waals surface area contributed by atoms with Gasteiger partial charge >= 0.3 is 11.8 Å². The number of H-pyrrole nitrogens is 1. The van der Waals surface area contributed by atoms with Crippen LogP contribution in [-0.2, 0) is 23.5 Å². The second kappa shape index (κ2) is 11.6. The first-order chi connectivity index (χ1) is 19.7. The van der Waals surface area contributed by atoms with Gasteiger partial charge in [0.2, 0.25) is 5.82 Å². The van der Waals surface area contributed by atoms with Gasteiger partial charge in [0, 0.05) is 12.1 Å². The molecule has 13 heteroatoms. The first-order valence-electron chi connectivity index (χ1n) is 12.8. The standard InChI is InChI=1S/C28H28N6O6S/c1-5-41-26-29-22(25(35)38-15-21-16(2)39-27(36)40-21)23(28(3,4)37)34(26)14-17-10-12-18(13-11-17)19-8-6-7-9-20(19)24-30-32-33-31-24/h6-13,37H,5,14-15H2,1-4H3,(H,30,31,32,33). The van der Waals surface area contributed by atoms with Gasteiger partial charge in [0.25, 0.3) is 0 Å². The number of hydrogen-bond donors (Lipinski definition) is 2. The molecule has 2 aromatic carbocycles. The topological polar surface area (TPSA) is 162 Å². The summed E-state index contributed by atoms with van der Waals surface area (Å²) in [5.74, 6) is -0.0967. The molecule has 0 amide bonds. The Morgan fingerprint density at radius 1 is 1.12 bits per heavy atom. The average molecular weight is 577 g/mol. The van der Waals surface area contributed by atoms with Crippen molar-refractivity contribution in [1.82, 2.24) is 30.2 Å². The molecule has 0 bridgehead atoms. The van der Waals surface area contributed by atoms with Crippen LogP contribution in [0.25, 0.3) is 22.5 Å². The molecule has 5 rings (SSSR count). The van der Waals surface area contributed by atoms with Crippen molar-refractivity contribution < 1.29 is 23.5 Å². The number of thioether (sulfide) groups is 1. The predicted octanol–water partition coefficient (Wildman–Crippen LogP) is 4.33. The number of aryl methyl sites for hydroxylation is 1. The highest BCUT2D eigenvalue weighted by Gasteiger charge is 2.33. The Morgan fingerprint density at radius 3 is 2.46 bits per heavy atom. The van der Waals surface area contributed by atoms with Crippen LogP contribution in [0, 0.1) is 6.92 Å². The van der Waals surface area contributed by atoms with Crippen LogP contribution in [0.3, 0.4) is 0 Å². The lowest BCUT2D eigenvalue weighted by atomic mass is 9.98. The van der Waals surface area contributed by atoms with Crippen molar-refractivity contribution in [2.75, 3.05) is 5.75 Å². The highest BCUT2D eigenvalue weighted by molar-refractivity contribution is 7.99. The lowest BCUT2D eigenvalue weighted by Crippen LogP contribution is -2.25. The summed E-state index contributed by atoms with van der Waals surface area (Å²) >= 11 is 1.45. The van der Waals surface area contributed by atoms with E-state index < -0.39 is 17.4 Å². The number of carbonyl (C=O) groups is 1. The fourth-order valence-corrected chi connectivity index (χ4v) is 5.19. The molecule has 0 aliphatic carbocycles. The minimum atomic E-state index is -1.42. The van der Waals surface area contributed by atoms with Crippen molar-refractivity contribution in [3.63, 3.8) is 0 Å². The SMILES string of the molecule is CCSc1nc(C(=O)OCc2oc(=O)oc2C)c(C(C)(C)O)n1Cc1ccc(-c2ccccc2-c2nn[nH]n2)cc1. The number of nitrogens with zero attached hydrogens (tertiary/aromatic N) is 5. The number of hydrogen-bond acceptors (Lipinski definition) is 11. The van der Waals surface area contributed by atoms with Gasteiger partial charge in [0.05, 0.1) is 5.69 Å². The minimum Gasteiger partial charge on any atom is -0.453 e. The van der Waals surface area contributed by atoms with Gasteiger partial charge in [-0.05, 0) is 48.4 Å². The maximum absolute atomic E-state index is 13.2. The normalized spacial score (nSPS) is 11.6. The van der Waals surface area contributed by atoms with Crippen LogP contribution in [0.4, 0.5) is 0 Å². The van der Waals surface area contributed by atoms with Crippen LogP contribution in [0.2, 0.25) is 0 Å². The Bertz CT molecular complexity index is 1710. The molecule has 3 heterocycles. The third-order valence-electron chi connectivity index (χ3n) is 6.27. The molecular formula is C28H28N6O6S. The summed E-state index contributed by atoms with van der Waals surface area (Å²) in [6.45, 7) is 6.74. The van der Waals surface area contributed by atoms with E-state index in [1.54, 1.807) is 13.8 Å². The lowest BCUT2D eigenvalue weighted by Gasteiger charge is -2.22. The zero-order valence-corrected chi connectivity index (χ0v) is 23.7. The summed E-state index contributed by atoms with van der Waals surface area (Å²) in [6.07, 6.45) is 0. The Kier molecular flexibility index (Phi) is 7.90. The maximum atomic E-state index is 13.2. The molecule has 0 aliphatic rings. The van der Waals surface area contributed by atoms with Crippen molar-refractivity contribution in [2.45, 2.75) is 51.6 Å². The van der Waals surface area contributed by atoms with Gasteiger partial charge in [-0.1, -0.05) is 67.2 Å². The number of carbonyl (C=O) groups excluding carboxylic acids is 1. The van der Waals surface area contributed by atoms with Crippen molar-refractivity contribution in [3.05, 3.63) is 87.6 Å². The molecule has 0 unspecified atom stereocenters. The monoisotopic (exact) mass is 576 g/mol. The quantitative estimate of drug-likeness (QED) is 0.180. The maximum Gasteiger partial charge on any atom is 0.519 e. The van der Waals surface area contributed by atoms with E-state index in [-0.39, 0.29) is 23.8 Å². The Morgan fingerprint density at radius 2 is 1.85 bits per heavy atom. The molecule has 0 spiro atoms. The Balaban J connectivity index is 1.46. The predicted molar refractivity (Wildman–Crippen MR) is 149 cm³/mol. The summed E-state index contributed by atoms with van der Waals surface area (Å²) < 4.78 is 17.0. The molecule has 5 aromatic rings. The van der Waals surface area contributed by atoms with Crippen LogP contribution in [0.15, 0.2) is 67.3 Å². The number of tetrazole rings is 1. The molecule has 0 saturated carbocycles. The zero-order chi connectivity index (χ0) is 29.1. The summed E-state index contributed by atoms with van der Waals surface area (Å²) in [7, 11) is 0. The van der Waals surface area contributed by atoms with E-state index in [0.717, 1.165) is 22.3 Å². The smallest absolute Gasteiger partial charge is 0.453 e. The first kappa shape index (κ1) is 28.1. The van der Waals surface area contributed by atoms with Crippen LogP contribution in [0.1, 0.15) is 54.0 Å². The molecule has 12 nitrogen and oxygen atoms in total. The molecule has 0 radical (unpaired) electrons. The highest BCUT2D eigenvalue weighted by atomic mass is 32.2. The third kappa shape index (κ3) is 6.00. The van der Waals surface area contributed by atoms with E-state index >= 15 is 0 Å². The zero-order valence-electron chi connectivity index (χ0n) is 22.9. The number of imidazole rings is 1. The number of nitrogens with one attached hydrogen (secondary N) is 1. The fourth-order valence-electron chi connectivity index (χ4n) is 4.46. The minimum absolute atomic E-state index is 0.0115. The molecule has 212 valence electrons. The summed E-state index contributed by atoms with van der Waals surface area (Å²) in [4.78, 5) is 29.1. The van der Waals surface area contributed by atoms with E-state index in [0.29, 0.717) is 29.0 Å². The van der Waals surface area contributed by atoms with Crippen molar-refractivity contribution in [1.29, 1.82) is 0 Å². The largest absolute Gasteiger partial charge is 0.519 e. The van der Waals surface area contributed by atoms with Gasteiger partial charge in [0.1, 0.15) is 5.60 Å². The third-order valence-corrected chi connectivity index (χ3v) is 7.13. The summed E-state index contributed by atoms with van der Waals surface area (Å²) in [6, 6.07) is 15.8. The average Bonchev–Trinajstić information content (AvgIpc) is 3.67. The van der Waals surface area contributed by atoms with E-state index in [4.69, 9.17) is 13.6 Å². The Labute approximate surface area is 238 Å². The number of aliphatic hydroxyl groups is 1.